The van der Waals surface area contributed by atoms with Crippen molar-refractivity contribution < 1.29 is 0 Å². The molecule has 0 aliphatic carbocycles. The molecule has 1 saturated heterocycles. The molecule has 1 aromatic rings. The minimum atomic E-state index is -0.0201. The highest BCUT2D eigenvalue weighted by Gasteiger charge is 2.37. The molecule has 58 valence electrons. The number of anilines is 1. The number of nitrogens with two attached hydrogens (primary N) is 1. The van der Waals surface area contributed by atoms with Crippen LogP contribution in [0.4, 0.5) is 5.69 Å². The molecule has 2 rings (SSSR count). The largest absolute Gasteiger partial charge is 0.399 e. The molecular formula is C8H11N3. The lowest BCUT2D eigenvalue weighted by Gasteiger charge is -2.04. The second kappa shape index (κ2) is 1.96. The van der Waals surface area contributed by atoms with Gasteiger partial charge in [0.1, 0.15) is 5.66 Å². The van der Waals surface area contributed by atoms with Crippen molar-refractivity contribution in [2.75, 3.05) is 5.73 Å². The van der Waals surface area contributed by atoms with Crippen LogP contribution < -0.4 is 16.6 Å². The second-order valence-electron chi connectivity index (χ2n) is 3.00. The summed E-state index contributed by atoms with van der Waals surface area (Å²) in [5.74, 6) is 0. The Bertz CT molecular complexity index is 261. The fraction of sp³-hybridized carbons (Fsp3) is 0.250. The van der Waals surface area contributed by atoms with Crippen molar-refractivity contribution >= 4 is 5.69 Å². The third-order valence-electron chi connectivity index (χ3n) is 1.99. The van der Waals surface area contributed by atoms with Crippen LogP contribution in [0.2, 0.25) is 0 Å². The van der Waals surface area contributed by atoms with Crippen LogP contribution in [0.5, 0.6) is 0 Å². The van der Waals surface area contributed by atoms with E-state index in [1.165, 1.54) is 5.56 Å². The Kier molecular flexibility index (Phi) is 1.19. The van der Waals surface area contributed by atoms with Gasteiger partial charge in [-0.05, 0) is 24.6 Å². The number of hydrogen-bond acceptors (Lipinski definition) is 3. The predicted molar refractivity (Wildman–Crippen MR) is 44.5 cm³/mol. The average Bonchev–Trinajstić information content (AvgIpc) is 2.70. The summed E-state index contributed by atoms with van der Waals surface area (Å²) in [6.07, 6.45) is 0. The van der Waals surface area contributed by atoms with Crippen molar-refractivity contribution in [3.63, 3.8) is 0 Å². The lowest BCUT2D eigenvalue weighted by molar-refractivity contribution is 0.736. The van der Waals surface area contributed by atoms with Crippen LogP contribution in [0.15, 0.2) is 24.3 Å². The number of hydrazine groups is 1. The van der Waals surface area contributed by atoms with Gasteiger partial charge >= 0.3 is 0 Å². The summed E-state index contributed by atoms with van der Waals surface area (Å²) in [5.41, 5.74) is 13.7. The standard InChI is InChI=1S/C8H11N3/c1-8(10-11-8)6-2-4-7(9)5-3-6/h2-5,10-11H,9H2,1H3. The number of benzene rings is 1. The molecule has 0 radical (unpaired) electrons. The van der Waals surface area contributed by atoms with Gasteiger partial charge in [-0.3, -0.25) is 0 Å². The highest BCUT2D eigenvalue weighted by Crippen LogP contribution is 2.24. The molecule has 1 heterocycles. The summed E-state index contributed by atoms with van der Waals surface area (Å²) >= 11 is 0. The van der Waals surface area contributed by atoms with Gasteiger partial charge in [-0.2, -0.15) is 0 Å². The first kappa shape index (κ1) is 6.64. The van der Waals surface area contributed by atoms with E-state index in [0.717, 1.165) is 5.69 Å². The first-order valence-corrected chi connectivity index (χ1v) is 3.61. The second-order valence-corrected chi connectivity index (χ2v) is 3.00. The smallest absolute Gasteiger partial charge is 0.117 e. The lowest BCUT2D eigenvalue weighted by Crippen LogP contribution is -2.08. The molecule has 0 unspecified atom stereocenters. The van der Waals surface area contributed by atoms with Gasteiger partial charge in [0, 0.05) is 5.69 Å². The van der Waals surface area contributed by atoms with Crippen molar-refractivity contribution in [2.45, 2.75) is 12.6 Å². The Morgan fingerprint density at radius 1 is 1.18 bits per heavy atom. The van der Waals surface area contributed by atoms with Crippen molar-refractivity contribution in [1.82, 2.24) is 10.9 Å². The predicted octanol–water partition coefficient (Wildman–Crippen LogP) is 0.549. The Labute approximate surface area is 65.6 Å². The van der Waals surface area contributed by atoms with Gasteiger partial charge in [0.15, 0.2) is 0 Å². The number of hydrogen-bond donors (Lipinski definition) is 3. The topological polar surface area (TPSA) is 69.9 Å². The summed E-state index contributed by atoms with van der Waals surface area (Å²) in [6, 6.07) is 7.84. The van der Waals surface area contributed by atoms with Crippen LogP contribution in [0.3, 0.4) is 0 Å². The van der Waals surface area contributed by atoms with Crippen LogP contribution in [-0.2, 0) is 5.66 Å². The molecule has 3 heteroatoms. The van der Waals surface area contributed by atoms with Gasteiger partial charge in [-0.1, -0.05) is 12.1 Å². The van der Waals surface area contributed by atoms with Gasteiger partial charge in [-0.25, -0.2) is 10.9 Å². The normalized spacial score (nSPS) is 19.7. The quantitative estimate of drug-likeness (QED) is 0.403. The molecule has 0 amide bonds. The maximum absolute atomic E-state index is 5.55. The fourth-order valence-electron chi connectivity index (χ4n) is 1.05. The summed E-state index contributed by atoms with van der Waals surface area (Å²) < 4.78 is 0. The van der Waals surface area contributed by atoms with Crippen LogP contribution in [0, 0.1) is 0 Å². The van der Waals surface area contributed by atoms with E-state index in [9.17, 15) is 0 Å². The van der Waals surface area contributed by atoms with Crippen LogP contribution in [0.25, 0.3) is 0 Å². The van der Waals surface area contributed by atoms with Gasteiger partial charge in [0.25, 0.3) is 0 Å². The molecule has 1 aromatic carbocycles. The number of rotatable bonds is 1. The molecule has 1 aliphatic rings. The SMILES string of the molecule is CC1(c2ccc(N)cc2)NN1. The Hall–Kier alpha value is -1.06. The lowest BCUT2D eigenvalue weighted by atomic mass is 10.1. The summed E-state index contributed by atoms with van der Waals surface area (Å²) in [4.78, 5) is 0. The zero-order valence-electron chi connectivity index (χ0n) is 6.39. The van der Waals surface area contributed by atoms with Gasteiger partial charge in [-0.15, -0.1) is 0 Å². The summed E-state index contributed by atoms with van der Waals surface area (Å²) in [5, 5.41) is 0. The third-order valence-corrected chi connectivity index (χ3v) is 1.99. The molecule has 0 saturated carbocycles. The van der Waals surface area contributed by atoms with Gasteiger partial charge in [0.05, 0.1) is 0 Å². The molecular weight excluding hydrogens is 138 g/mol. The zero-order valence-corrected chi connectivity index (χ0v) is 6.39. The van der Waals surface area contributed by atoms with Gasteiger partial charge < -0.3 is 5.73 Å². The molecule has 1 aliphatic heterocycles. The first-order chi connectivity index (χ1) is 5.21. The summed E-state index contributed by atoms with van der Waals surface area (Å²) in [6.45, 7) is 2.08. The first-order valence-electron chi connectivity index (χ1n) is 3.61. The van der Waals surface area contributed by atoms with Crippen LogP contribution in [-0.4, -0.2) is 0 Å². The Balaban J connectivity index is 2.33. The molecule has 0 bridgehead atoms. The number of nitrogens with one attached hydrogen (secondary N) is 2. The van der Waals surface area contributed by atoms with E-state index in [1.807, 2.05) is 24.3 Å². The maximum atomic E-state index is 5.55. The molecule has 3 nitrogen and oxygen atoms in total. The monoisotopic (exact) mass is 149 g/mol. The minimum Gasteiger partial charge on any atom is -0.399 e. The Morgan fingerprint density at radius 3 is 2.18 bits per heavy atom. The van der Waals surface area contributed by atoms with E-state index in [-0.39, 0.29) is 5.66 Å². The Morgan fingerprint density at radius 2 is 1.73 bits per heavy atom. The molecule has 0 aromatic heterocycles. The van der Waals surface area contributed by atoms with Crippen molar-refractivity contribution in [3.05, 3.63) is 29.8 Å². The van der Waals surface area contributed by atoms with Crippen LogP contribution >= 0.6 is 0 Å². The van der Waals surface area contributed by atoms with E-state index in [4.69, 9.17) is 5.73 Å². The maximum Gasteiger partial charge on any atom is 0.117 e. The molecule has 0 spiro atoms. The van der Waals surface area contributed by atoms with E-state index in [0.29, 0.717) is 0 Å². The van der Waals surface area contributed by atoms with E-state index in [1.54, 1.807) is 0 Å². The van der Waals surface area contributed by atoms with Crippen LogP contribution in [0.1, 0.15) is 12.5 Å². The van der Waals surface area contributed by atoms with Crippen molar-refractivity contribution in [2.24, 2.45) is 0 Å². The van der Waals surface area contributed by atoms with Gasteiger partial charge in [0.2, 0.25) is 0 Å². The van der Waals surface area contributed by atoms with Crippen molar-refractivity contribution in [1.29, 1.82) is 0 Å². The molecule has 0 atom stereocenters. The molecule has 1 fully saturated rings. The highest BCUT2D eigenvalue weighted by molar-refractivity contribution is 5.41. The molecule has 11 heavy (non-hydrogen) atoms. The third kappa shape index (κ3) is 1.08. The minimum absolute atomic E-state index is 0.0201. The molecule has 4 N–H and O–H groups in total. The summed E-state index contributed by atoms with van der Waals surface area (Å²) in [7, 11) is 0. The fourth-order valence-corrected chi connectivity index (χ4v) is 1.05. The highest BCUT2D eigenvalue weighted by atomic mass is 15.7. The van der Waals surface area contributed by atoms with E-state index in [2.05, 4.69) is 17.8 Å². The average molecular weight is 149 g/mol. The zero-order chi connectivity index (χ0) is 7.90. The number of nitrogen functional groups attached to an aromatic ring is 1. The van der Waals surface area contributed by atoms with Crippen molar-refractivity contribution in [3.8, 4) is 0 Å². The van der Waals surface area contributed by atoms with E-state index >= 15 is 0 Å². The van der Waals surface area contributed by atoms with E-state index < -0.39 is 0 Å².